The van der Waals surface area contributed by atoms with Crippen LogP contribution in [-0.4, -0.2) is 18.3 Å². The van der Waals surface area contributed by atoms with Gasteiger partial charge >= 0.3 is 0 Å². The van der Waals surface area contributed by atoms with E-state index in [1.807, 2.05) is 6.92 Å². The van der Waals surface area contributed by atoms with E-state index in [2.05, 4.69) is 22.0 Å². The van der Waals surface area contributed by atoms with Crippen LogP contribution in [0.3, 0.4) is 0 Å². The third-order valence-electron chi connectivity index (χ3n) is 3.31. The molecule has 20 heavy (non-hydrogen) atoms. The summed E-state index contributed by atoms with van der Waals surface area (Å²) in [6.45, 7) is 3.21. The number of fused-ring (bicyclic) bond motifs is 1. The fourth-order valence-electron chi connectivity index (χ4n) is 2.26. The van der Waals surface area contributed by atoms with E-state index in [0.717, 1.165) is 17.3 Å². The lowest BCUT2D eigenvalue weighted by Crippen LogP contribution is -2.11. The van der Waals surface area contributed by atoms with Crippen molar-refractivity contribution >= 4 is 15.9 Å². The van der Waals surface area contributed by atoms with Crippen LogP contribution in [0.25, 0.3) is 0 Å². The average molecular weight is 340 g/mol. The molecule has 1 aromatic carbocycles. The SMILES string of the molecule is CCCC(C#N)C(O)c1cc(Br)c2c(c1)OCCCO2. The quantitative estimate of drug-likeness (QED) is 0.910. The molecule has 1 N–H and O–H groups in total. The molecule has 0 saturated heterocycles. The maximum atomic E-state index is 10.4. The van der Waals surface area contributed by atoms with Gasteiger partial charge in [-0.3, -0.25) is 0 Å². The predicted molar refractivity (Wildman–Crippen MR) is 78.7 cm³/mol. The van der Waals surface area contributed by atoms with Crippen molar-refractivity contribution < 1.29 is 14.6 Å². The maximum absolute atomic E-state index is 10.4. The van der Waals surface area contributed by atoms with Crippen LogP contribution >= 0.6 is 15.9 Å². The molecule has 0 radical (unpaired) electrons. The van der Waals surface area contributed by atoms with E-state index >= 15 is 0 Å². The summed E-state index contributed by atoms with van der Waals surface area (Å²) in [6, 6.07) is 5.75. The number of ether oxygens (including phenoxy) is 2. The van der Waals surface area contributed by atoms with Crippen molar-refractivity contribution in [2.75, 3.05) is 13.2 Å². The van der Waals surface area contributed by atoms with Crippen LogP contribution in [-0.2, 0) is 0 Å². The molecule has 2 unspecified atom stereocenters. The summed E-state index contributed by atoms with van der Waals surface area (Å²) < 4.78 is 12.0. The summed E-state index contributed by atoms with van der Waals surface area (Å²) in [4.78, 5) is 0. The summed E-state index contributed by atoms with van der Waals surface area (Å²) in [5, 5.41) is 19.5. The predicted octanol–water partition coefficient (Wildman–Crippen LogP) is 3.58. The minimum Gasteiger partial charge on any atom is -0.490 e. The highest BCUT2D eigenvalue weighted by atomic mass is 79.9. The molecule has 0 aromatic heterocycles. The zero-order chi connectivity index (χ0) is 14.5. The molecule has 1 heterocycles. The third kappa shape index (κ3) is 3.25. The summed E-state index contributed by atoms with van der Waals surface area (Å²) in [6.07, 6.45) is 1.55. The van der Waals surface area contributed by atoms with Crippen molar-refractivity contribution in [3.8, 4) is 17.6 Å². The molecule has 108 valence electrons. The Labute approximate surface area is 127 Å². The van der Waals surface area contributed by atoms with Crippen molar-refractivity contribution in [2.45, 2.75) is 32.3 Å². The van der Waals surface area contributed by atoms with E-state index in [9.17, 15) is 5.11 Å². The second-order valence-corrected chi connectivity index (χ2v) is 5.70. The first-order valence-electron chi connectivity index (χ1n) is 6.84. The van der Waals surface area contributed by atoms with Crippen LogP contribution in [0.2, 0.25) is 0 Å². The molecular weight excluding hydrogens is 322 g/mol. The van der Waals surface area contributed by atoms with E-state index in [-0.39, 0.29) is 0 Å². The Hall–Kier alpha value is -1.25. The summed E-state index contributed by atoms with van der Waals surface area (Å²) in [7, 11) is 0. The monoisotopic (exact) mass is 339 g/mol. The highest BCUT2D eigenvalue weighted by Crippen LogP contribution is 2.40. The van der Waals surface area contributed by atoms with Crippen molar-refractivity contribution in [2.24, 2.45) is 5.92 Å². The molecule has 0 spiro atoms. The van der Waals surface area contributed by atoms with E-state index < -0.39 is 12.0 Å². The number of aliphatic hydroxyl groups excluding tert-OH is 1. The summed E-state index contributed by atoms with van der Waals surface area (Å²) in [5.41, 5.74) is 0.682. The van der Waals surface area contributed by atoms with Gasteiger partial charge < -0.3 is 14.6 Å². The molecule has 0 fully saturated rings. The average Bonchev–Trinajstić information content (AvgIpc) is 2.69. The van der Waals surface area contributed by atoms with Gasteiger partial charge in [-0.15, -0.1) is 0 Å². The molecule has 2 rings (SSSR count). The lowest BCUT2D eigenvalue weighted by molar-refractivity contribution is 0.129. The maximum Gasteiger partial charge on any atom is 0.175 e. The molecule has 0 aliphatic carbocycles. The van der Waals surface area contributed by atoms with Crippen molar-refractivity contribution in [1.82, 2.24) is 0 Å². The Morgan fingerprint density at radius 3 is 2.85 bits per heavy atom. The molecule has 4 nitrogen and oxygen atoms in total. The molecular formula is C15H18BrNO3. The van der Waals surface area contributed by atoms with Crippen LogP contribution in [0.1, 0.15) is 37.9 Å². The number of aliphatic hydroxyl groups is 1. The van der Waals surface area contributed by atoms with Gasteiger partial charge in [-0.05, 0) is 40.0 Å². The Balaban J connectivity index is 2.31. The van der Waals surface area contributed by atoms with Crippen molar-refractivity contribution in [3.63, 3.8) is 0 Å². The number of nitriles is 1. The van der Waals surface area contributed by atoms with E-state index in [1.54, 1.807) is 12.1 Å². The highest BCUT2D eigenvalue weighted by Gasteiger charge is 2.23. The second kappa shape index (κ2) is 6.96. The zero-order valence-electron chi connectivity index (χ0n) is 11.4. The molecule has 0 saturated carbocycles. The third-order valence-corrected chi connectivity index (χ3v) is 3.90. The molecule has 2 atom stereocenters. The number of benzene rings is 1. The van der Waals surface area contributed by atoms with Gasteiger partial charge in [0, 0.05) is 6.42 Å². The lowest BCUT2D eigenvalue weighted by atomic mass is 9.93. The lowest BCUT2D eigenvalue weighted by Gasteiger charge is -2.19. The largest absolute Gasteiger partial charge is 0.490 e. The Kier molecular flexibility index (Phi) is 5.27. The van der Waals surface area contributed by atoms with Gasteiger partial charge in [-0.25, -0.2) is 0 Å². The standard InChI is InChI=1S/C15H18BrNO3/c1-2-4-10(9-17)14(18)11-7-12(16)15-13(8-11)19-5-3-6-20-15/h7-8,10,14,18H,2-6H2,1H3. The first-order chi connectivity index (χ1) is 9.67. The van der Waals surface area contributed by atoms with Gasteiger partial charge in [-0.2, -0.15) is 5.26 Å². The minimum atomic E-state index is -0.812. The van der Waals surface area contributed by atoms with Gasteiger partial charge in [0.25, 0.3) is 0 Å². The van der Waals surface area contributed by atoms with Crippen LogP contribution < -0.4 is 9.47 Å². The van der Waals surface area contributed by atoms with Gasteiger partial charge in [0.05, 0.1) is 35.8 Å². The normalized spacial score (nSPS) is 16.9. The summed E-state index contributed by atoms with van der Waals surface area (Å²) >= 11 is 3.45. The van der Waals surface area contributed by atoms with Crippen LogP contribution in [0, 0.1) is 17.2 Å². The molecule has 0 amide bonds. The number of halogens is 1. The van der Waals surface area contributed by atoms with Crippen LogP contribution in [0.5, 0.6) is 11.5 Å². The Bertz CT molecular complexity index is 513. The van der Waals surface area contributed by atoms with E-state index in [0.29, 0.717) is 36.7 Å². The molecule has 0 bridgehead atoms. The fourth-order valence-corrected chi connectivity index (χ4v) is 2.83. The minimum absolute atomic E-state index is 0.406. The first kappa shape index (κ1) is 15.1. The van der Waals surface area contributed by atoms with Gasteiger partial charge in [0.1, 0.15) is 0 Å². The Morgan fingerprint density at radius 2 is 2.15 bits per heavy atom. The van der Waals surface area contributed by atoms with E-state index in [4.69, 9.17) is 14.7 Å². The number of hydrogen-bond acceptors (Lipinski definition) is 4. The smallest absolute Gasteiger partial charge is 0.175 e. The van der Waals surface area contributed by atoms with Crippen molar-refractivity contribution in [1.29, 1.82) is 5.26 Å². The molecule has 5 heteroatoms. The highest BCUT2D eigenvalue weighted by molar-refractivity contribution is 9.10. The van der Waals surface area contributed by atoms with E-state index in [1.165, 1.54) is 0 Å². The van der Waals surface area contributed by atoms with Gasteiger partial charge in [0.15, 0.2) is 11.5 Å². The fraction of sp³-hybridized carbons (Fsp3) is 0.533. The topological polar surface area (TPSA) is 62.5 Å². The molecule has 1 aliphatic heterocycles. The number of hydrogen-bond donors (Lipinski definition) is 1. The van der Waals surface area contributed by atoms with Crippen LogP contribution in [0.4, 0.5) is 0 Å². The zero-order valence-corrected chi connectivity index (χ0v) is 13.0. The molecule has 1 aromatic rings. The van der Waals surface area contributed by atoms with Crippen LogP contribution in [0.15, 0.2) is 16.6 Å². The Morgan fingerprint density at radius 1 is 1.40 bits per heavy atom. The van der Waals surface area contributed by atoms with Crippen molar-refractivity contribution in [3.05, 3.63) is 22.2 Å². The second-order valence-electron chi connectivity index (χ2n) is 4.85. The molecule has 1 aliphatic rings. The first-order valence-corrected chi connectivity index (χ1v) is 7.63. The van der Waals surface area contributed by atoms with Gasteiger partial charge in [-0.1, -0.05) is 13.3 Å². The number of nitrogens with zero attached hydrogens (tertiary/aromatic N) is 1. The number of rotatable bonds is 4. The van der Waals surface area contributed by atoms with Gasteiger partial charge in [0.2, 0.25) is 0 Å². The summed E-state index contributed by atoms with van der Waals surface area (Å²) in [5.74, 6) is 0.887.